The van der Waals surface area contributed by atoms with Gasteiger partial charge in [0.05, 0.1) is 0 Å². The Labute approximate surface area is 68.2 Å². The molecule has 0 aromatic carbocycles. The van der Waals surface area contributed by atoms with Crippen LogP contribution in [0.3, 0.4) is 0 Å². The van der Waals surface area contributed by atoms with E-state index < -0.39 is 0 Å². The Morgan fingerprint density at radius 1 is 1.45 bits per heavy atom. The number of rotatable bonds is 0. The highest BCUT2D eigenvalue weighted by molar-refractivity contribution is 5.82. The molecule has 0 aromatic heterocycles. The van der Waals surface area contributed by atoms with Crippen LogP contribution in [0, 0.1) is 11.3 Å². The third-order valence-electron chi connectivity index (χ3n) is 3.61. The number of hydrogen-bond acceptors (Lipinski definition) is 1. The summed E-state index contributed by atoms with van der Waals surface area (Å²) in [5.41, 5.74) is 0.412. The van der Waals surface area contributed by atoms with Gasteiger partial charge in [-0.1, -0.05) is 19.8 Å². The van der Waals surface area contributed by atoms with E-state index in [0.29, 0.717) is 11.2 Å². The minimum atomic E-state index is 0.412. The molecule has 1 heteroatoms. The molecule has 11 heavy (non-hydrogen) atoms. The van der Waals surface area contributed by atoms with Crippen molar-refractivity contribution in [1.82, 2.24) is 0 Å². The van der Waals surface area contributed by atoms with Crippen molar-refractivity contribution >= 4 is 5.78 Å². The maximum atomic E-state index is 11.2. The summed E-state index contributed by atoms with van der Waals surface area (Å²) in [4.78, 5) is 11.2. The molecule has 0 spiro atoms. The molecule has 0 aliphatic heterocycles. The number of carbonyl (C=O) groups is 1. The molecule has 2 aliphatic carbocycles. The number of hydrogen-bond donors (Lipinski definition) is 0. The van der Waals surface area contributed by atoms with Crippen LogP contribution in [0.5, 0.6) is 0 Å². The highest BCUT2D eigenvalue weighted by Crippen LogP contribution is 2.50. The molecule has 0 saturated heterocycles. The fourth-order valence-corrected chi connectivity index (χ4v) is 2.85. The summed E-state index contributed by atoms with van der Waals surface area (Å²) in [7, 11) is 0. The normalized spacial score (nSPS) is 44.1. The van der Waals surface area contributed by atoms with Crippen LogP contribution in [0.2, 0.25) is 0 Å². The Morgan fingerprint density at radius 3 is 3.00 bits per heavy atom. The Balaban J connectivity index is 2.17. The highest BCUT2D eigenvalue weighted by Gasteiger charge is 2.43. The monoisotopic (exact) mass is 152 g/mol. The molecule has 0 aromatic rings. The van der Waals surface area contributed by atoms with Gasteiger partial charge in [-0.2, -0.15) is 0 Å². The van der Waals surface area contributed by atoms with Gasteiger partial charge in [0.1, 0.15) is 5.78 Å². The van der Waals surface area contributed by atoms with Gasteiger partial charge >= 0.3 is 0 Å². The summed E-state index contributed by atoms with van der Waals surface area (Å²) < 4.78 is 0. The average molecular weight is 152 g/mol. The standard InChI is InChI=1S/C10H16O/c1-10-5-3-2-4-8(10)6-9(11)7-10/h8H,2-7H2,1H3/t8-,10+/m1/s1. The van der Waals surface area contributed by atoms with E-state index in [1.165, 1.54) is 25.7 Å². The van der Waals surface area contributed by atoms with Crippen LogP contribution in [0.1, 0.15) is 45.4 Å². The molecule has 2 fully saturated rings. The number of fused-ring (bicyclic) bond motifs is 1. The van der Waals surface area contributed by atoms with Crippen LogP contribution in [-0.4, -0.2) is 5.78 Å². The average Bonchev–Trinajstić information content (AvgIpc) is 2.22. The molecular weight excluding hydrogens is 136 g/mol. The fourth-order valence-electron chi connectivity index (χ4n) is 2.85. The molecular formula is C10H16O. The number of carbonyl (C=O) groups excluding carboxylic acids is 1. The largest absolute Gasteiger partial charge is 0.300 e. The summed E-state index contributed by atoms with van der Waals surface area (Å²) in [5, 5.41) is 0. The Bertz CT molecular complexity index is 185. The third kappa shape index (κ3) is 1.11. The second kappa shape index (κ2) is 2.33. The van der Waals surface area contributed by atoms with Gasteiger partial charge in [0, 0.05) is 12.8 Å². The molecule has 0 N–H and O–H groups in total. The van der Waals surface area contributed by atoms with Gasteiger partial charge in [-0.3, -0.25) is 4.79 Å². The molecule has 0 radical (unpaired) electrons. The van der Waals surface area contributed by atoms with Crippen molar-refractivity contribution in [2.24, 2.45) is 11.3 Å². The van der Waals surface area contributed by atoms with Gasteiger partial charge in [-0.25, -0.2) is 0 Å². The SMILES string of the molecule is C[C@@]12CCCC[C@@H]1CC(=O)C2. The van der Waals surface area contributed by atoms with Gasteiger partial charge in [0.25, 0.3) is 0 Å². The van der Waals surface area contributed by atoms with Crippen LogP contribution in [0.4, 0.5) is 0 Å². The van der Waals surface area contributed by atoms with Gasteiger partial charge in [0.15, 0.2) is 0 Å². The first-order valence-electron chi connectivity index (χ1n) is 4.72. The summed E-state index contributed by atoms with van der Waals surface area (Å²) in [5.74, 6) is 1.25. The fraction of sp³-hybridized carbons (Fsp3) is 0.900. The molecule has 62 valence electrons. The summed E-state index contributed by atoms with van der Waals surface area (Å²) >= 11 is 0. The van der Waals surface area contributed by atoms with Crippen molar-refractivity contribution < 1.29 is 4.79 Å². The molecule has 0 amide bonds. The topological polar surface area (TPSA) is 17.1 Å². The Hall–Kier alpha value is -0.330. The molecule has 2 aliphatic rings. The lowest BCUT2D eigenvalue weighted by molar-refractivity contribution is -0.118. The first kappa shape index (κ1) is 7.33. The van der Waals surface area contributed by atoms with Gasteiger partial charge in [-0.05, 0) is 24.2 Å². The van der Waals surface area contributed by atoms with E-state index in [-0.39, 0.29) is 0 Å². The number of ketones is 1. The first-order chi connectivity index (χ1) is 5.21. The van der Waals surface area contributed by atoms with Gasteiger partial charge < -0.3 is 0 Å². The van der Waals surface area contributed by atoms with E-state index in [2.05, 4.69) is 6.92 Å². The van der Waals surface area contributed by atoms with E-state index >= 15 is 0 Å². The Kier molecular flexibility index (Phi) is 1.55. The molecule has 0 heterocycles. The minimum Gasteiger partial charge on any atom is -0.300 e. The van der Waals surface area contributed by atoms with Crippen LogP contribution in [-0.2, 0) is 4.79 Å². The molecule has 0 unspecified atom stereocenters. The number of Topliss-reactive ketones (excluding diaryl/α,β-unsaturated/α-hetero) is 1. The van der Waals surface area contributed by atoms with Crippen molar-refractivity contribution in [3.05, 3.63) is 0 Å². The lowest BCUT2D eigenvalue weighted by Crippen LogP contribution is -2.25. The lowest BCUT2D eigenvalue weighted by Gasteiger charge is -2.35. The molecule has 2 saturated carbocycles. The van der Waals surface area contributed by atoms with E-state index in [4.69, 9.17) is 0 Å². The zero-order chi connectivity index (χ0) is 7.90. The summed E-state index contributed by atoms with van der Waals surface area (Å²) in [6.45, 7) is 2.31. The van der Waals surface area contributed by atoms with Crippen LogP contribution in [0.25, 0.3) is 0 Å². The van der Waals surface area contributed by atoms with E-state index in [0.717, 1.165) is 18.8 Å². The zero-order valence-corrected chi connectivity index (χ0v) is 7.23. The quantitative estimate of drug-likeness (QED) is 0.521. The van der Waals surface area contributed by atoms with E-state index in [9.17, 15) is 4.79 Å². The van der Waals surface area contributed by atoms with Crippen molar-refractivity contribution in [2.75, 3.05) is 0 Å². The van der Waals surface area contributed by atoms with Crippen LogP contribution >= 0.6 is 0 Å². The van der Waals surface area contributed by atoms with Crippen LogP contribution in [0.15, 0.2) is 0 Å². The minimum absolute atomic E-state index is 0.412. The second-order valence-corrected chi connectivity index (χ2v) is 4.52. The molecule has 2 atom stereocenters. The maximum Gasteiger partial charge on any atom is 0.133 e. The van der Waals surface area contributed by atoms with Crippen LogP contribution < -0.4 is 0 Å². The predicted octanol–water partition coefficient (Wildman–Crippen LogP) is 2.55. The molecule has 2 rings (SSSR count). The summed E-state index contributed by atoms with van der Waals surface area (Å²) in [6.07, 6.45) is 7.06. The third-order valence-corrected chi connectivity index (χ3v) is 3.61. The molecule has 0 bridgehead atoms. The Morgan fingerprint density at radius 2 is 2.27 bits per heavy atom. The second-order valence-electron chi connectivity index (χ2n) is 4.52. The van der Waals surface area contributed by atoms with E-state index in [1.807, 2.05) is 0 Å². The van der Waals surface area contributed by atoms with Crippen molar-refractivity contribution in [2.45, 2.75) is 45.4 Å². The molecule has 1 nitrogen and oxygen atoms in total. The maximum absolute atomic E-state index is 11.2. The smallest absolute Gasteiger partial charge is 0.133 e. The predicted molar refractivity (Wildman–Crippen MR) is 44.3 cm³/mol. The van der Waals surface area contributed by atoms with Gasteiger partial charge in [0.2, 0.25) is 0 Å². The van der Waals surface area contributed by atoms with E-state index in [1.54, 1.807) is 0 Å². The zero-order valence-electron chi connectivity index (χ0n) is 7.23. The lowest BCUT2D eigenvalue weighted by atomic mass is 9.70. The van der Waals surface area contributed by atoms with Gasteiger partial charge in [-0.15, -0.1) is 0 Å². The van der Waals surface area contributed by atoms with Crippen molar-refractivity contribution in [1.29, 1.82) is 0 Å². The first-order valence-corrected chi connectivity index (χ1v) is 4.72. The van der Waals surface area contributed by atoms with Crippen molar-refractivity contribution in [3.8, 4) is 0 Å². The van der Waals surface area contributed by atoms with Crippen molar-refractivity contribution in [3.63, 3.8) is 0 Å². The summed E-state index contributed by atoms with van der Waals surface area (Å²) in [6, 6.07) is 0. The highest BCUT2D eigenvalue weighted by atomic mass is 16.1.